The van der Waals surface area contributed by atoms with Gasteiger partial charge in [-0.05, 0) is 55.6 Å². The minimum absolute atomic E-state index is 0.670. The molecule has 1 heterocycles. The topological polar surface area (TPSA) is 38.9 Å². The molecule has 0 radical (unpaired) electrons. The molecule has 2 heteroatoms. The first-order chi connectivity index (χ1) is 8.58. The molecule has 2 nitrogen and oxygen atoms in total. The summed E-state index contributed by atoms with van der Waals surface area (Å²) in [5.74, 6) is 2.41. The number of nitrogens with zero attached hydrogens (tertiary/aromatic N) is 1. The van der Waals surface area contributed by atoms with Gasteiger partial charge in [0.25, 0.3) is 0 Å². The van der Waals surface area contributed by atoms with E-state index in [0.29, 0.717) is 5.92 Å². The summed E-state index contributed by atoms with van der Waals surface area (Å²) in [6, 6.07) is 2.12. The summed E-state index contributed by atoms with van der Waals surface area (Å²) in [5.41, 5.74) is 9.42. The monoisotopic (exact) mass is 246 g/mol. The number of pyridine rings is 1. The Kier molecular flexibility index (Phi) is 4.26. The van der Waals surface area contributed by atoms with Gasteiger partial charge in [-0.2, -0.15) is 0 Å². The highest BCUT2D eigenvalue weighted by Gasteiger charge is 2.27. The summed E-state index contributed by atoms with van der Waals surface area (Å²) in [6.07, 6.45) is 8.65. The number of hydrogen-bond acceptors (Lipinski definition) is 2. The van der Waals surface area contributed by atoms with Crippen molar-refractivity contribution in [2.24, 2.45) is 11.8 Å². The average Bonchev–Trinajstić information content (AvgIpc) is 2.78. The van der Waals surface area contributed by atoms with E-state index >= 15 is 0 Å². The number of nitrogen functional groups attached to an aromatic ring is 1. The van der Waals surface area contributed by atoms with Gasteiger partial charge in [0.2, 0.25) is 0 Å². The second-order valence-electron chi connectivity index (χ2n) is 6.25. The van der Waals surface area contributed by atoms with Crippen LogP contribution in [0.25, 0.3) is 0 Å². The van der Waals surface area contributed by atoms with E-state index in [1.54, 1.807) is 0 Å². The first-order valence-electron chi connectivity index (χ1n) is 7.29. The lowest BCUT2D eigenvalue weighted by Gasteiger charge is -2.15. The van der Waals surface area contributed by atoms with E-state index in [0.717, 1.165) is 23.2 Å². The Bertz CT molecular complexity index is 398. The Balaban J connectivity index is 1.98. The van der Waals surface area contributed by atoms with E-state index in [4.69, 9.17) is 5.73 Å². The Hall–Kier alpha value is -1.05. The van der Waals surface area contributed by atoms with E-state index in [2.05, 4.69) is 24.9 Å². The summed E-state index contributed by atoms with van der Waals surface area (Å²) in [5, 5.41) is 0. The molecule has 1 fully saturated rings. The molecule has 1 aliphatic rings. The molecule has 0 aliphatic heterocycles. The van der Waals surface area contributed by atoms with Crippen LogP contribution in [0.5, 0.6) is 0 Å². The third-order valence-electron chi connectivity index (χ3n) is 4.36. The fraction of sp³-hybridized carbons (Fsp3) is 0.688. The zero-order valence-corrected chi connectivity index (χ0v) is 11.9. The minimum atomic E-state index is 0.670. The molecule has 2 atom stereocenters. The number of aryl methyl sites for hydroxylation is 1. The molecular formula is C16H26N2. The number of hydrogen-bond donors (Lipinski definition) is 1. The third-order valence-corrected chi connectivity index (χ3v) is 4.36. The number of nitrogens with two attached hydrogens (primary N) is 1. The maximum atomic E-state index is 6.17. The molecule has 1 aromatic heterocycles. The fourth-order valence-electron chi connectivity index (χ4n) is 3.14. The van der Waals surface area contributed by atoms with E-state index in [1.165, 1.54) is 37.7 Å². The van der Waals surface area contributed by atoms with Crippen molar-refractivity contribution in [3.63, 3.8) is 0 Å². The largest absolute Gasteiger partial charge is 0.397 e. The maximum absolute atomic E-state index is 6.17. The minimum Gasteiger partial charge on any atom is -0.397 e. The summed E-state index contributed by atoms with van der Waals surface area (Å²) in [6.45, 7) is 6.64. The van der Waals surface area contributed by atoms with Gasteiger partial charge in [-0.15, -0.1) is 0 Å². The smallest absolute Gasteiger partial charge is 0.0604 e. The molecule has 2 rings (SSSR count). The van der Waals surface area contributed by atoms with E-state index < -0.39 is 0 Å². The SMILES string of the molecule is Cc1nccc(C2CCC(CCC(C)C)C2)c1N. The summed E-state index contributed by atoms with van der Waals surface area (Å²) < 4.78 is 0. The van der Waals surface area contributed by atoms with Crippen LogP contribution in [-0.2, 0) is 0 Å². The van der Waals surface area contributed by atoms with Crippen LogP contribution in [0, 0.1) is 18.8 Å². The van der Waals surface area contributed by atoms with Crippen molar-refractivity contribution >= 4 is 5.69 Å². The van der Waals surface area contributed by atoms with Crippen LogP contribution in [0.15, 0.2) is 12.3 Å². The van der Waals surface area contributed by atoms with Crippen molar-refractivity contribution in [3.8, 4) is 0 Å². The van der Waals surface area contributed by atoms with Gasteiger partial charge in [0.1, 0.15) is 0 Å². The van der Waals surface area contributed by atoms with E-state index in [1.807, 2.05) is 13.1 Å². The average molecular weight is 246 g/mol. The Morgan fingerprint density at radius 1 is 1.39 bits per heavy atom. The van der Waals surface area contributed by atoms with Crippen molar-refractivity contribution < 1.29 is 0 Å². The van der Waals surface area contributed by atoms with Gasteiger partial charge in [0, 0.05) is 6.20 Å². The Morgan fingerprint density at radius 3 is 2.89 bits per heavy atom. The molecule has 0 amide bonds. The van der Waals surface area contributed by atoms with Crippen molar-refractivity contribution in [2.45, 2.75) is 58.8 Å². The standard InChI is InChI=1S/C16H26N2/c1-11(2)4-5-13-6-7-14(10-13)15-8-9-18-12(3)16(15)17/h8-9,11,13-14H,4-7,10,17H2,1-3H3. The van der Waals surface area contributed by atoms with Crippen LogP contribution in [0.2, 0.25) is 0 Å². The van der Waals surface area contributed by atoms with Crippen molar-refractivity contribution in [2.75, 3.05) is 5.73 Å². The molecule has 2 N–H and O–H groups in total. The van der Waals surface area contributed by atoms with Crippen LogP contribution < -0.4 is 5.73 Å². The van der Waals surface area contributed by atoms with Gasteiger partial charge in [0.05, 0.1) is 11.4 Å². The lowest BCUT2D eigenvalue weighted by molar-refractivity contribution is 0.428. The van der Waals surface area contributed by atoms with Crippen molar-refractivity contribution in [3.05, 3.63) is 23.5 Å². The molecular weight excluding hydrogens is 220 g/mol. The van der Waals surface area contributed by atoms with Gasteiger partial charge in [0.15, 0.2) is 0 Å². The number of rotatable bonds is 4. The fourth-order valence-corrected chi connectivity index (χ4v) is 3.14. The van der Waals surface area contributed by atoms with Gasteiger partial charge in [-0.3, -0.25) is 4.98 Å². The molecule has 0 saturated heterocycles. The van der Waals surface area contributed by atoms with Crippen molar-refractivity contribution in [1.82, 2.24) is 4.98 Å². The summed E-state index contributed by atoms with van der Waals surface area (Å²) in [4.78, 5) is 4.26. The van der Waals surface area contributed by atoms with Gasteiger partial charge >= 0.3 is 0 Å². The molecule has 0 bridgehead atoms. The zero-order valence-electron chi connectivity index (χ0n) is 11.9. The second kappa shape index (κ2) is 5.73. The van der Waals surface area contributed by atoms with Crippen LogP contribution in [0.3, 0.4) is 0 Å². The Labute approximate surface area is 111 Å². The van der Waals surface area contributed by atoms with Gasteiger partial charge < -0.3 is 5.73 Å². The lowest BCUT2D eigenvalue weighted by Crippen LogP contribution is -2.04. The quantitative estimate of drug-likeness (QED) is 0.860. The zero-order chi connectivity index (χ0) is 13.1. The molecule has 0 spiro atoms. The van der Waals surface area contributed by atoms with Crippen LogP contribution in [0.4, 0.5) is 5.69 Å². The highest BCUT2D eigenvalue weighted by Crippen LogP contribution is 2.42. The van der Waals surface area contributed by atoms with E-state index in [-0.39, 0.29) is 0 Å². The summed E-state index contributed by atoms with van der Waals surface area (Å²) in [7, 11) is 0. The van der Waals surface area contributed by atoms with Crippen LogP contribution >= 0.6 is 0 Å². The van der Waals surface area contributed by atoms with Gasteiger partial charge in [-0.25, -0.2) is 0 Å². The molecule has 2 unspecified atom stereocenters. The molecule has 0 aromatic carbocycles. The highest BCUT2D eigenvalue weighted by molar-refractivity contribution is 5.51. The predicted octanol–water partition coefficient (Wildman–Crippen LogP) is 4.29. The van der Waals surface area contributed by atoms with Crippen LogP contribution in [-0.4, -0.2) is 4.98 Å². The molecule has 1 aliphatic carbocycles. The van der Waals surface area contributed by atoms with Gasteiger partial charge in [-0.1, -0.05) is 26.7 Å². The molecule has 1 aromatic rings. The summed E-state index contributed by atoms with van der Waals surface area (Å²) >= 11 is 0. The van der Waals surface area contributed by atoms with E-state index in [9.17, 15) is 0 Å². The number of aromatic nitrogens is 1. The number of anilines is 1. The van der Waals surface area contributed by atoms with Crippen molar-refractivity contribution in [1.29, 1.82) is 0 Å². The predicted molar refractivity (Wildman–Crippen MR) is 77.5 cm³/mol. The normalized spacial score (nSPS) is 23.8. The second-order valence-corrected chi connectivity index (χ2v) is 6.25. The molecule has 1 saturated carbocycles. The molecule has 100 valence electrons. The van der Waals surface area contributed by atoms with Crippen LogP contribution in [0.1, 0.15) is 63.1 Å². The molecule has 18 heavy (non-hydrogen) atoms. The first kappa shape index (κ1) is 13.4. The first-order valence-corrected chi connectivity index (χ1v) is 7.29. The maximum Gasteiger partial charge on any atom is 0.0604 e. The Morgan fingerprint density at radius 2 is 2.17 bits per heavy atom. The third kappa shape index (κ3) is 3.04. The highest BCUT2D eigenvalue weighted by atomic mass is 14.7. The lowest BCUT2D eigenvalue weighted by atomic mass is 9.92.